The normalized spacial score (nSPS) is 16.8. The van der Waals surface area contributed by atoms with Crippen molar-refractivity contribution in [2.75, 3.05) is 13.7 Å². The summed E-state index contributed by atoms with van der Waals surface area (Å²) in [5.74, 6) is -0.695. The number of methoxy groups -OCH3 is 1. The summed E-state index contributed by atoms with van der Waals surface area (Å²) in [7, 11) is 1.30. The van der Waals surface area contributed by atoms with Crippen LogP contribution in [-0.2, 0) is 14.3 Å². The molecule has 0 aliphatic carbocycles. The molecule has 1 saturated heterocycles. The van der Waals surface area contributed by atoms with Crippen LogP contribution in [0.5, 0.6) is 0 Å². The standard InChI is InChI=1S/C20H19NO4/c1-25-19(23)12-17-11-18(22)13-21(17)20(24)16-9-7-15(8-10-16)14-5-3-2-4-6-14/h2-10,17H,11-13H2,1H3/t17-/m0/s1. The van der Waals surface area contributed by atoms with Gasteiger partial charge in [-0.25, -0.2) is 0 Å². The van der Waals surface area contributed by atoms with Crippen molar-refractivity contribution in [3.8, 4) is 11.1 Å². The predicted octanol–water partition coefficient (Wildman–Crippen LogP) is 2.70. The summed E-state index contributed by atoms with van der Waals surface area (Å²) < 4.78 is 4.66. The van der Waals surface area contributed by atoms with Gasteiger partial charge in [0.1, 0.15) is 0 Å². The van der Waals surface area contributed by atoms with Crippen molar-refractivity contribution in [1.82, 2.24) is 4.90 Å². The van der Waals surface area contributed by atoms with Crippen LogP contribution in [0.25, 0.3) is 11.1 Å². The molecule has 1 atom stereocenters. The molecule has 0 saturated carbocycles. The number of ether oxygens (including phenoxy) is 1. The molecule has 0 bridgehead atoms. The SMILES string of the molecule is COC(=O)C[C@@H]1CC(=O)CN1C(=O)c1ccc(-c2ccccc2)cc1. The number of hydrogen-bond donors (Lipinski definition) is 0. The molecule has 25 heavy (non-hydrogen) atoms. The van der Waals surface area contributed by atoms with E-state index in [-0.39, 0.29) is 31.1 Å². The summed E-state index contributed by atoms with van der Waals surface area (Å²) in [6.45, 7) is 0.0426. The highest BCUT2D eigenvalue weighted by molar-refractivity contribution is 5.99. The van der Waals surface area contributed by atoms with Crippen LogP contribution in [0.4, 0.5) is 0 Å². The van der Waals surface area contributed by atoms with Gasteiger partial charge in [0.05, 0.1) is 20.1 Å². The first-order valence-corrected chi connectivity index (χ1v) is 8.13. The van der Waals surface area contributed by atoms with Gasteiger partial charge in [-0.15, -0.1) is 0 Å². The van der Waals surface area contributed by atoms with Crippen molar-refractivity contribution in [1.29, 1.82) is 0 Å². The monoisotopic (exact) mass is 337 g/mol. The molecule has 0 N–H and O–H groups in total. The molecule has 1 aliphatic heterocycles. The fraction of sp³-hybridized carbons (Fsp3) is 0.250. The minimum atomic E-state index is -0.429. The third-order valence-electron chi connectivity index (χ3n) is 4.38. The van der Waals surface area contributed by atoms with Crippen molar-refractivity contribution >= 4 is 17.7 Å². The summed E-state index contributed by atoms with van der Waals surface area (Å²) >= 11 is 0. The van der Waals surface area contributed by atoms with Gasteiger partial charge < -0.3 is 9.64 Å². The van der Waals surface area contributed by atoms with E-state index in [1.165, 1.54) is 12.0 Å². The van der Waals surface area contributed by atoms with Crippen LogP contribution in [0.15, 0.2) is 54.6 Å². The second-order valence-electron chi connectivity index (χ2n) is 6.05. The Kier molecular flexibility index (Phi) is 4.93. The zero-order chi connectivity index (χ0) is 17.8. The van der Waals surface area contributed by atoms with E-state index in [2.05, 4.69) is 4.74 Å². The number of rotatable bonds is 4. The molecule has 1 fully saturated rings. The molecular weight excluding hydrogens is 318 g/mol. The van der Waals surface area contributed by atoms with E-state index >= 15 is 0 Å². The quantitative estimate of drug-likeness (QED) is 0.805. The van der Waals surface area contributed by atoms with E-state index in [1.54, 1.807) is 12.1 Å². The lowest BCUT2D eigenvalue weighted by atomic mass is 10.0. The first-order chi connectivity index (χ1) is 12.1. The van der Waals surface area contributed by atoms with Crippen LogP contribution in [0, 0.1) is 0 Å². The first-order valence-electron chi connectivity index (χ1n) is 8.13. The molecule has 0 spiro atoms. The number of Topliss-reactive ketones (excluding diaryl/α,β-unsaturated/α-hetero) is 1. The molecule has 128 valence electrons. The highest BCUT2D eigenvalue weighted by Crippen LogP contribution is 2.23. The fourth-order valence-corrected chi connectivity index (χ4v) is 3.05. The largest absolute Gasteiger partial charge is 0.469 e. The van der Waals surface area contributed by atoms with Crippen LogP contribution < -0.4 is 0 Å². The first kappa shape index (κ1) is 16.9. The molecule has 1 aliphatic rings. The maximum atomic E-state index is 12.7. The van der Waals surface area contributed by atoms with E-state index < -0.39 is 12.0 Å². The molecule has 0 aromatic heterocycles. The van der Waals surface area contributed by atoms with Crippen molar-refractivity contribution in [3.05, 3.63) is 60.2 Å². The lowest BCUT2D eigenvalue weighted by molar-refractivity contribution is -0.141. The maximum absolute atomic E-state index is 12.7. The maximum Gasteiger partial charge on any atom is 0.307 e. The lowest BCUT2D eigenvalue weighted by Gasteiger charge is -2.23. The molecule has 2 aromatic carbocycles. The van der Waals surface area contributed by atoms with E-state index in [1.807, 2.05) is 42.5 Å². The predicted molar refractivity (Wildman–Crippen MR) is 93.0 cm³/mol. The number of carbonyl (C=O) groups excluding carboxylic acids is 3. The van der Waals surface area contributed by atoms with E-state index in [0.29, 0.717) is 5.56 Å². The third kappa shape index (κ3) is 3.76. The summed E-state index contributed by atoms with van der Waals surface area (Å²) in [5.41, 5.74) is 2.59. The summed E-state index contributed by atoms with van der Waals surface area (Å²) in [5, 5.41) is 0. The molecule has 3 rings (SSSR count). The topological polar surface area (TPSA) is 63.7 Å². The Labute approximate surface area is 146 Å². The van der Waals surface area contributed by atoms with Crippen LogP contribution in [0.1, 0.15) is 23.2 Å². The molecule has 1 heterocycles. The summed E-state index contributed by atoms with van der Waals surface area (Å²) in [6.07, 6.45) is 0.235. The van der Waals surface area contributed by atoms with Gasteiger partial charge >= 0.3 is 5.97 Å². The molecule has 5 nitrogen and oxygen atoms in total. The molecule has 5 heteroatoms. The number of esters is 1. The Morgan fingerprint density at radius 2 is 1.68 bits per heavy atom. The van der Waals surface area contributed by atoms with Gasteiger partial charge in [0.15, 0.2) is 5.78 Å². The van der Waals surface area contributed by atoms with Crippen LogP contribution in [-0.4, -0.2) is 42.3 Å². The summed E-state index contributed by atoms with van der Waals surface area (Å²) in [6, 6.07) is 16.7. The molecule has 0 unspecified atom stereocenters. The van der Waals surface area contributed by atoms with E-state index in [4.69, 9.17) is 0 Å². The number of amides is 1. The number of nitrogens with zero attached hydrogens (tertiary/aromatic N) is 1. The Morgan fingerprint density at radius 3 is 2.32 bits per heavy atom. The van der Waals surface area contributed by atoms with E-state index in [9.17, 15) is 14.4 Å². The number of ketones is 1. The molecule has 1 amide bonds. The highest BCUT2D eigenvalue weighted by atomic mass is 16.5. The van der Waals surface area contributed by atoms with Gasteiger partial charge in [-0.3, -0.25) is 14.4 Å². The van der Waals surface area contributed by atoms with Crippen LogP contribution in [0.3, 0.4) is 0 Å². The fourth-order valence-electron chi connectivity index (χ4n) is 3.05. The Morgan fingerprint density at radius 1 is 1.04 bits per heavy atom. The van der Waals surface area contributed by atoms with Crippen molar-refractivity contribution < 1.29 is 19.1 Å². The second kappa shape index (κ2) is 7.30. The Hall–Kier alpha value is -2.95. The number of benzene rings is 2. The minimum Gasteiger partial charge on any atom is -0.469 e. The smallest absolute Gasteiger partial charge is 0.307 e. The Bertz CT molecular complexity index is 783. The summed E-state index contributed by atoms with van der Waals surface area (Å²) in [4.78, 5) is 37.5. The molecule has 2 aromatic rings. The van der Waals surface area contributed by atoms with Crippen molar-refractivity contribution in [2.45, 2.75) is 18.9 Å². The zero-order valence-corrected chi connectivity index (χ0v) is 14.0. The van der Waals surface area contributed by atoms with Gasteiger partial charge in [0.2, 0.25) is 0 Å². The number of hydrogen-bond acceptors (Lipinski definition) is 4. The third-order valence-corrected chi connectivity index (χ3v) is 4.38. The lowest BCUT2D eigenvalue weighted by Crippen LogP contribution is -2.37. The second-order valence-corrected chi connectivity index (χ2v) is 6.05. The zero-order valence-electron chi connectivity index (χ0n) is 14.0. The van der Waals surface area contributed by atoms with Gasteiger partial charge in [-0.2, -0.15) is 0 Å². The van der Waals surface area contributed by atoms with Crippen molar-refractivity contribution in [2.24, 2.45) is 0 Å². The average molecular weight is 337 g/mol. The molecule has 0 radical (unpaired) electrons. The average Bonchev–Trinajstić information content (AvgIpc) is 3.02. The van der Waals surface area contributed by atoms with Gasteiger partial charge in [-0.1, -0.05) is 42.5 Å². The number of carbonyl (C=O) groups is 3. The number of likely N-dealkylation sites (tertiary alicyclic amines) is 1. The van der Waals surface area contributed by atoms with Gasteiger partial charge in [-0.05, 0) is 23.3 Å². The van der Waals surface area contributed by atoms with Crippen LogP contribution in [0.2, 0.25) is 0 Å². The van der Waals surface area contributed by atoms with Crippen LogP contribution >= 0.6 is 0 Å². The van der Waals surface area contributed by atoms with E-state index in [0.717, 1.165) is 11.1 Å². The molecular formula is C20H19NO4. The minimum absolute atomic E-state index is 0.0378. The van der Waals surface area contributed by atoms with Crippen molar-refractivity contribution in [3.63, 3.8) is 0 Å². The van der Waals surface area contributed by atoms with Gasteiger partial charge in [0.25, 0.3) is 5.91 Å². The van der Waals surface area contributed by atoms with Gasteiger partial charge in [0, 0.05) is 18.0 Å². The Balaban J connectivity index is 1.77. The highest BCUT2D eigenvalue weighted by Gasteiger charge is 2.35.